The molecule has 0 saturated heterocycles. The monoisotopic (exact) mass is 369 g/mol. The van der Waals surface area contributed by atoms with Crippen molar-refractivity contribution >= 4 is 5.91 Å². The lowest BCUT2D eigenvalue weighted by molar-refractivity contribution is 0.0177. The number of aromatic amines is 1. The van der Waals surface area contributed by atoms with Crippen molar-refractivity contribution in [1.29, 1.82) is 0 Å². The number of aliphatic hydroxyl groups is 1. The molecule has 1 aromatic carbocycles. The van der Waals surface area contributed by atoms with Crippen LogP contribution in [0.5, 0.6) is 0 Å². The van der Waals surface area contributed by atoms with Crippen LogP contribution in [0.3, 0.4) is 0 Å². The zero-order valence-electron chi connectivity index (χ0n) is 15.9. The molecule has 2 N–H and O–H groups in total. The number of aliphatic hydroxyl groups excluding tert-OH is 1. The highest BCUT2D eigenvalue weighted by molar-refractivity contribution is 5.94. The smallest absolute Gasteiger partial charge is 0.264 e. The lowest BCUT2D eigenvalue weighted by Crippen LogP contribution is -2.49. The van der Waals surface area contributed by atoms with Gasteiger partial charge in [0, 0.05) is 18.3 Å². The predicted molar refractivity (Wildman–Crippen MR) is 105 cm³/mol. The highest BCUT2D eigenvalue weighted by Gasteiger charge is 2.32. The fourth-order valence-electron chi connectivity index (χ4n) is 3.67. The number of aromatic nitrogens is 2. The van der Waals surface area contributed by atoms with E-state index >= 15 is 0 Å². The molecule has 0 aliphatic heterocycles. The number of rotatable bonds is 5. The average molecular weight is 369 g/mol. The summed E-state index contributed by atoms with van der Waals surface area (Å²) in [7, 11) is 0. The molecule has 0 spiro atoms. The highest BCUT2D eigenvalue weighted by Crippen LogP contribution is 2.24. The Balaban J connectivity index is 1.88. The van der Waals surface area contributed by atoms with Crippen molar-refractivity contribution in [3.8, 4) is 11.4 Å². The molecule has 2 aromatic rings. The maximum atomic E-state index is 13.0. The number of hydrogen-bond acceptors (Lipinski definition) is 4. The van der Waals surface area contributed by atoms with Gasteiger partial charge in [-0.15, -0.1) is 0 Å². The van der Waals surface area contributed by atoms with E-state index in [-0.39, 0.29) is 17.5 Å². The van der Waals surface area contributed by atoms with E-state index < -0.39 is 11.7 Å². The molecule has 1 saturated carbocycles. The quantitative estimate of drug-likeness (QED) is 0.848. The Morgan fingerprint density at radius 1 is 1.26 bits per heavy atom. The normalized spacial score (nSPS) is 19.7. The van der Waals surface area contributed by atoms with Crippen LogP contribution in [-0.4, -0.2) is 44.6 Å². The summed E-state index contributed by atoms with van der Waals surface area (Å²) in [5.74, 6) is 0.0864. The third kappa shape index (κ3) is 4.27. The molecule has 1 aliphatic carbocycles. The third-order valence-corrected chi connectivity index (χ3v) is 5.17. The van der Waals surface area contributed by atoms with Crippen molar-refractivity contribution in [3.63, 3.8) is 0 Å². The Morgan fingerprint density at radius 2 is 1.96 bits per heavy atom. The van der Waals surface area contributed by atoms with Crippen LogP contribution in [0.15, 0.2) is 35.3 Å². The van der Waals surface area contributed by atoms with Crippen molar-refractivity contribution in [1.82, 2.24) is 14.9 Å². The Kier molecular flexibility index (Phi) is 6.06. The Bertz CT molecular complexity index is 844. The molecule has 0 bridgehead atoms. The first-order chi connectivity index (χ1) is 13.0. The Labute approximate surface area is 159 Å². The van der Waals surface area contributed by atoms with E-state index in [4.69, 9.17) is 0 Å². The van der Waals surface area contributed by atoms with E-state index in [0.29, 0.717) is 18.8 Å². The van der Waals surface area contributed by atoms with Gasteiger partial charge in [-0.3, -0.25) is 9.59 Å². The first-order valence-corrected chi connectivity index (χ1v) is 9.66. The second-order valence-electron chi connectivity index (χ2n) is 7.26. The molecule has 0 unspecified atom stereocenters. The van der Waals surface area contributed by atoms with Crippen LogP contribution < -0.4 is 5.56 Å². The van der Waals surface area contributed by atoms with Gasteiger partial charge in [0.1, 0.15) is 11.4 Å². The van der Waals surface area contributed by atoms with Crippen LogP contribution >= 0.6 is 0 Å². The van der Waals surface area contributed by atoms with Crippen molar-refractivity contribution < 1.29 is 9.90 Å². The van der Waals surface area contributed by atoms with Gasteiger partial charge in [0.25, 0.3) is 11.5 Å². The van der Waals surface area contributed by atoms with E-state index in [1.807, 2.05) is 38.1 Å². The molecule has 1 amide bonds. The fraction of sp³-hybridized carbons (Fsp3) is 0.476. The zero-order chi connectivity index (χ0) is 19.4. The van der Waals surface area contributed by atoms with Gasteiger partial charge in [0.15, 0.2) is 0 Å². The van der Waals surface area contributed by atoms with Crippen molar-refractivity contribution in [2.75, 3.05) is 6.54 Å². The van der Waals surface area contributed by atoms with Gasteiger partial charge in [0.05, 0.1) is 12.1 Å². The number of nitrogens with zero attached hydrogens (tertiary/aromatic N) is 2. The second kappa shape index (κ2) is 8.48. The number of carbonyl (C=O) groups excluding carboxylic acids is 1. The molecule has 6 nitrogen and oxygen atoms in total. The summed E-state index contributed by atoms with van der Waals surface area (Å²) in [6.07, 6.45) is 5.00. The van der Waals surface area contributed by atoms with Crippen molar-refractivity contribution in [3.05, 3.63) is 51.9 Å². The molecule has 6 heteroatoms. The lowest BCUT2D eigenvalue weighted by Gasteiger charge is -2.37. The van der Waals surface area contributed by atoms with E-state index in [2.05, 4.69) is 9.97 Å². The highest BCUT2D eigenvalue weighted by atomic mass is 16.3. The molecule has 2 atom stereocenters. The van der Waals surface area contributed by atoms with Crippen LogP contribution in [0.2, 0.25) is 0 Å². The Morgan fingerprint density at radius 3 is 2.59 bits per heavy atom. The molecular weight excluding hydrogens is 342 g/mol. The van der Waals surface area contributed by atoms with Gasteiger partial charge < -0.3 is 15.0 Å². The van der Waals surface area contributed by atoms with E-state index in [9.17, 15) is 14.7 Å². The number of carbonyl (C=O) groups is 1. The number of nitrogens with one attached hydrogen (secondary N) is 1. The lowest BCUT2D eigenvalue weighted by atomic mass is 9.91. The molecule has 144 valence electrons. The predicted octanol–water partition coefficient (Wildman–Crippen LogP) is 2.90. The molecule has 1 aliphatic rings. The summed E-state index contributed by atoms with van der Waals surface area (Å²) < 4.78 is 0. The minimum absolute atomic E-state index is 0.0251. The van der Waals surface area contributed by atoms with Gasteiger partial charge in [-0.05, 0) is 26.2 Å². The van der Waals surface area contributed by atoms with Crippen LogP contribution in [0.1, 0.15) is 54.9 Å². The zero-order valence-corrected chi connectivity index (χ0v) is 15.9. The summed E-state index contributed by atoms with van der Waals surface area (Å²) in [5, 5.41) is 10.4. The number of hydrogen-bond donors (Lipinski definition) is 2. The van der Waals surface area contributed by atoms with Gasteiger partial charge in [-0.2, -0.15) is 0 Å². The molecule has 3 rings (SSSR count). The summed E-state index contributed by atoms with van der Waals surface area (Å²) in [6, 6.07) is 7.43. The first kappa shape index (κ1) is 19.3. The SMILES string of the molecule is CCCN(C(=O)c1cnc(-c2ccc(C)cc2)[nH]c1=O)[C@@H]1CCCC[C@H]1O. The maximum absolute atomic E-state index is 13.0. The maximum Gasteiger partial charge on any atom is 0.264 e. The summed E-state index contributed by atoms with van der Waals surface area (Å²) >= 11 is 0. The summed E-state index contributed by atoms with van der Waals surface area (Å²) in [6.45, 7) is 4.49. The van der Waals surface area contributed by atoms with Crippen LogP contribution in [0.4, 0.5) is 0 Å². The van der Waals surface area contributed by atoms with E-state index in [1.54, 1.807) is 4.90 Å². The average Bonchev–Trinajstić information content (AvgIpc) is 2.67. The standard InChI is InChI=1S/C21H27N3O3/c1-3-12-24(17-6-4-5-7-18(17)25)21(27)16-13-22-19(23-20(16)26)15-10-8-14(2)9-11-15/h8-11,13,17-18,25H,3-7,12H2,1-2H3,(H,22,23,26)/t17-,18-/m1/s1. The number of benzene rings is 1. The minimum Gasteiger partial charge on any atom is -0.391 e. The topological polar surface area (TPSA) is 86.3 Å². The molecule has 0 radical (unpaired) electrons. The van der Waals surface area contributed by atoms with Gasteiger partial charge >= 0.3 is 0 Å². The van der Waals surface area contributed by atoms with E-state index in [1.165, 1.54) is 6.20 Å². The van der Waals surface area contributed by atoms with Crippen LogP contribution in [-0.2, 0) is 0 Å². The van der Waals surface area contributed by atoms with Crippen molar-refractivity contribution in [2.24, 2.45) is 0 Å². The minimum atomic E-state index is -0.534. The summed E-state index contributed by atoms with van der Waals surface area (Å²) in [4.78, 5) is 34.3. The molecular formula is C21H27N3O3. The molecule has 1 heterocycles. The molecule has 1 fully saturated rings. The fourth-order valence-corrected chi connectivity index (χ4v) is 3.67. The first-order valence-electron chi connectivity index (χ1n) is 9.66. The number of aryl methyl sites for hydroxylation is 1. The van der Waals surface area contributed by atoms with Crippen LogP contribution in [0, 0.1) is 6.92 Å². The van der Waals surface area contributed by atoms with Crippen molar-refractivity contribution in [2.45, 2.75) is 58.1 Å². The van der Waals surface area contributed by atoms with Gasteiger partial charge in [0.2, 0.25) is 0 Å². The largest absolute Gasteiger partial charge is 0.391 e. The number of amides is 1. The van der Waals surface area contributed by atoms with E-state index in [0.717, 1.165) is 36.8 Å². The third-order valence-electron chi connectivity index (χ3n) is 5.17. The van der Waals surface area contributed by atoms with Crippen LogP contribution in [0.25, 0.3) is 11.4 Å². The Hall–Kier alpha value is -2.47. The summed E-state index contributed by atoms with van der Waals surface area (Å²) in [5.41, 5.74) is 1.49. The molecule has 1 aromatic heterocycles. The van der Waals surface area contributed by atoms with Gasteiger partial charge in [-0.25, -0.2) is 4.98 Å². The number of H-pyrrole nitrogens is 1. The second-order valence-corrected chi connectivity index (χ2v) is 7.26. The molecule has 27 heavy (non-hydrogen) atoms. The van der Waals surface area contributed by atoms with Gasteiger partial charge in [-0.1, -0.05) is 49.6 Å².